The van der Waals surface area contributed by atoms with Crippen LogP contribution >= 0.6 is 0 Å². The fourth-order valence-corrected chi connectivity index (χ4v) is 3.35. The van der Waals surface area contributed by atoms with Gasteiger partial charge in [0.1, 0.15) is 0 Å². The summed E-state index contributed by atoms with van der Waals surface area (Å²) in [5.41, 5.74) is 1.62. The molecule has 0 saturated heterocycles. The van der Waals surface area contributed by atoms with Crippen molar-refractivity contribution in [1.82, 2.24) is 15.5 Å². The molecule has 1 aliphatic carbocycles. The number of amides is 1. The minimum absolute atomic E-state index is 0.0328. The summed E-state index contributed by atoms with van der Waals surface area (Å²) < 4.78 is 0. The Kier molecular flexibility index (Phi) is 4.23. The van der Waals surface area contributed by atoms with Gasteiger partial charge in [0.05, 0.1) is 11.7 Å². The van der Waals surface area contributed by atoms with Crippen LogP contribution in [0.4, 0.5) is 0 Å². The van der Waals surface area contributed by atoms with Crippen molar-refractivity contribution in [3.8, 4) is 0 Å². The summed E-state index contributed by atoms with van der Waals surface area (Å²) in [4.78, 5) is 12.3. The average Bonchev–Trinajstić information content (AvgIpc) is 2.97. The maximum atomic E-state index is 12.3. The average molecular weight is 285 g/mol. The molecule has 0 atom stereocenters. The number of hydrogen-bond donors (Lipinski definition) is 2. The second kappa shape index (κ2) is 6.29. The number of nitrogens with one attached hydrogen (secondary N) is 2. The van der Waals surface area contributed by atoms with E-state index in [9.17, 15) is 4.79 Å². The van der Waals surface area contributed by atoms with Crippen LogP contribution in [0.2, 0.25) is 0 Å². The summed E-state index contributed by atoms with van der Waals surface area (Å²) in [7, 11) is 0. The van der Waals surface area contributed by atoms with Gasteiger partial charge in [-0.05, 0) is 43.7 Å². The first-order valence-corrected chi connectivity index (χ1v) is 8.00. The number of aromatic amines is 1. The highest BCUT2D eigenvalue weighted by molar-refractivity contribution is 5.97. The largest absolute Gasteiger partial charge is 0.349 e. The fraction of sp³-hybridized carbons (Fsp3) is 0.529. The molecule has 4 heteroatoms. The van der Waals surface area contributed by atoms with E-state index in [1.807, 2.05) is 18.2 Å². The van der Waals surface area contributed by atoms with Crippen LogP contribution in [-0.4, -0.2) is 22.1 Å². The maximum absolute atomic E-state index is 12.3. The third kappa shape index (κ3) is 3.26. The molecule has 0 unspecified atom stereocenters. The van der Waals surface area contributed by atoms with Gasteiger partial charge in [-0.2, -0.15) is 5.10 Å². The molecule has 4 nitrogen and oxygen atoms in total. The monoisotopic (exact) mass is 285 g/mol. The number of aromatic nitrogens is 2. The number of rotatable bonds is 4. The van der Waals surface area contributed by atoms with Gasteiger partial charge in [-0.15, -0.1) is 0 Å². The van der Waals surface area contributed by atoms with Crippen LogP contribution in [0.15, 0.2) is 24.4 Å². The summed E-state index contributed by atoms with van der Waals surface area (Å²) in [5, 5.41) is 11.1. The lowest BCUT2D eigenvalue weighted by molar-refractivity contribution is 0.0921. The second-order valence-electron chi connectivity index (χ2n) is 6.15. The Labute approximate surface area is 125 Å². The second-order valence-corrected chi connectivity index (χ2v) is 6.15. The van der Waals surface area contributed by atoms with E-state index in [0.717, 1.165) is 29.7 Å². The lowest BCUT2D eigenvalue weighted by Gasteiger charge is -2.29. The molecule has 1 fully saturated rings. The van der Waals surface area contributed by atoms with Crippen LogP contribution in [-0.2, 0) is 0 Å². The van der Waals surface area contributed by atoms with E-state index < -0.39 is 0 Å². The van der Waals surface area contributed by atoms with Crippen molar-refractivity contribution in [3.63, 3.8) is 0 Å². The number of hydrogen-bond acceptors (Lipinski definition) is 2. The Hall–Kier alpha value is -1.84. The van der Waals surface area contributed by atoms with Crippen LogP contribution in [0.1, 0.15) is 55.8 Å². The van der Waals surface area contributed by atoms with Gasteiger partial charge in [-0.1, -0.05) is 25.8 Å². The van der Waals surface area contributed by atoms with Crippen molar-refractivity contribution in [2.75, 3.05) is 0 Å². The van der Waals surface area contributed by atoms with Gasteiger partial charge in [0.25, 0.3) is 5.91 Å². The number of fused-ring (bicyclic) bond motifs is 1. The highest BCUT2D eigenvalue weighted by atomic mass is 16.1. The Morgan fingerprint density at radius 3 is 2.90 bits per heavy atom. The Morgan fingerprint density at radius 2 is 2.14 bits per heavy atom. The van der Waals surface area contributed by atoms with Crippen LogP contribution in [0.3, 0.4) is 0 Å². The van der Waals surface area contributed by atoms with Crippen molar-refractivity contribution >= 4 is 16.8 Å². The molecular weight excluding hydrogens is 262 g/mol. The molecule has 3 rings (SSSR count). The van der Waals surface area contributed by atoms with Gasteiger partial charge in [0.15, 0.2) is 0 Å². The molecule has 1 amide bonds. The van der Waals surface area contributed by atoms with Gasteiger partial charge in [-0.3, -0.25) is 9.89 Å². The molecule has 1 aromatic carbocycles. The zero-order valence-electron chi connectivity index (χ0n) is 12.6. The smallest absolute Gasteiger partial charge is 0.251 e. The molecule has 0 bridgehead atoms. The van der Waals surface area contributed by atoms with Crippen LogP contribution in [0.5, 0.6) is 0 Å². The number of benzene rings is 1. The molecule has 0 aliphatic heterocycles. The Balaban J connectivity index is 1.59. The molecular formula is C17H23N3O. The van der Waals surface area contributed by atoms with E-state index in [2.05, 4.69) is 22.4 Å². The summed E-state index contributed by atoms with van der Waals surface area (Å²) in [5.74, 6) is 0.898. The minimum atomic E-state index is 0.0328. The van der Waals surface area contributed by atoms with Crippen LogP contribution < -0.4 is 5.32 Å². The molecule has 112 valence electrons. The molecule has 0 spiro atoms. The third-order valence-corrected chi connectivity index (χ3v) is 4.58. The van der Waals surface area contributed by atoms with Gasteiger partial charge in [0.2, 0.25) is 0 Å². The summed E-state index contributed by atoms with van der Waals surface area (Å²) in [6.07, 6.45) is 9.09. The first-order chi connectivity index (χ1) is 10.3. The zero-order chi connectivity index (χ0) is 14.7. The normalized spacial score (nSPS) is 22.3. The molecule has 2 N–H and O–H groups in total. The molecule has 1 aromatic heterocycles. The SMILES string of the molecule is CCCC1CCC(NC(=O)c2ccc3cn[nH]c3c2)CC1. The molecule has 21 heavy (non-hydrogen) atoms. The van der Waals surface area contributed by atoms with Gasteiger partial charge in [-0.25, -0.2) is 0 Å². The van der Waals surface area contributed by atoms with Gasteiger partial charge >= 0.3 is 0 Å². The molecule has 1 heterocycles. The predicted octanol–water partition coefficient (Wildman–Crippen LogP) is 3.65. The zero-order valence-corrected chi connectivity index (χ0v) is 12.6. The summed E-state index contributed by atoms with van der Waals surface area (Å²) in [6.45, 7) is 2.25. The van der Waals surface area contributed by atoms with Gasteiger partial charge < -0.3 is 5.32 Å². The molecule has 0 radical (unpaired) electrons. The molecule has 2 aromatic rings. The van der Waals surface area contributed by atoms with Crippen molar-refractivity contribution in [3.05, 3.63) is 30.0 Å². The van der Waals surface area contributed by atoms with E-state index in [1.54, 1.807) is 6.20 Å². The quantitative estimate of drug-likeness (QED) is 0.900. The summed E-state index contributed by atoms with van der Waals surface area (Å²) >= 11 is 0. The Morgan fingerprint density at radius 1 is 1.33 bits per heavy atom. The first kappa shape index (κ1) is 14.1. The topological polar surface area (TPSA) is 57.8 Å². The van der Waals surface area contributed by atoms with E-state index >= 15 is 0 Å². The lowest BCUT2D eigenvalue weighted by Crippen LogP contribution is -2.37. The van der Waals surface area contributed by atoms with Crippen LogP contribution in [0.25, 0.3) is 10.9 Å². The van der Waals surface area contributed by atoms with E-state index in [-0.39, 0.29) is 5.91 Å². The fourth-order valence-electron chi connectivity index (χ4n) is 3.35. The van der Waals surface area contributed by atoms with Crippen molar-refractivity contribution in [1.29, 1.82) is 0 Å². The predicted molar refractivity (Wildman–Crippen MR) is 84.2 cm³/mol. The summed E-state index contributed by atoms with van der Waals surface area (Å²) in [6, 6.07) is 6.02. The molecule has 1 aliphatic rings. The lowest BCUT2D eigenvalue weighted by atomic mass is 9.83. The first-order valence-electron chi connectivity index (χ1n) is 8.00. The number of H-pyrrole nitrogens is 1. The third-order valence-electron chi connectivity index (χ3n) is 4.58. The number of carbonyl (C=O) groups excluding carboxylic acids is 1. The highest BCUT2D eigenvalue weighted by Crippen LogP contribution is 2.27. The standard InChI is InChI=1S/C17H23N3O/c1-2-3-12-4-8-15(9-5-12)19-17(21)13-6-7-14-11-18-20-16(14)10-13/h6-7,10-12,15H,2-5,8-9H2,1H3,(H,18,20)(H,19,21). The Bertz CT molecular complexity index is 611. The van der Waals surface area contributed by atoms with E-state index in [4.69, 9.17) is 0 Å². The van der Waals surface area contributed by atoms with Crippen molar-refractivity contribution in [2.24, 2.45) is 5.92 Å². The van der Waals surface area contributed by atoms with Crippen LogP contribution in [0, 0.1) is 5.92 Å². The number of nitrogens with zero attached hydrogens (tertiary/aromatic N) is 1. The van der Waals surface area contributed by atoms with E-state index in [1.165, 1.54) is 25.7 Å². The van der Waals surface area contributed by atoms with E-state index in [0.29, 0.717) is 11.6 Å². The highest BCUT2D eigenvalue weighted by Gasteiger charge is 2.22. The van der Waals surface area contributed by atoms with Crippen molar-refractivity contribution < 1.29 is 4.79 Å². The number of carbonyl (C=O) groups is 1. The maximum Gasteiger partial charge on any atom is 0.251 e. The van der Waals surface area contributed by atoms with Gasteiger partial charge in [0, 0.05) is 17.0 Å². The molecule has 1 saturated carbocycles. The minimum Gasteiger partial charge on any atom is -0.349 e. The van der Waals surface area contributed by atoms with Crippen molar-refractivity contribution in [2.45, 2.75) is 51.5 Å².